The lowest BCUT2D eigenvalue weighted by atomic mass is 9.98. The summed E-state index contributed by atoms with van der Waals surface area (Å²) in [5, 5.41) is 24.9. The molecule has 1 aliphatic rings. The summed E-state index contributed by atoms with van der Waals surface area (Å²) >= 11 is 1.44. The Morgan fingerprint density at radius 3 is 2.22 bits per heavy atom. The second kappa shape index (κ2) is 18.5. The van der Waals surface area contributed by atoms with Crippen LogP contribution in [0.5, 0.6) is 0 Å². The van der Waals surface area contributed by atoms with E-state index in [4.69, 9.17) is 14.2 Å². The smallest absolute Gasteiger partial charge is 0.336 e. The summed E-state index contributed by atoms with van der Waals surface area (Å²) in [4.78, 5) is 37.9. The van der Waals surface area contributed by atoms with Crippen LogP contribution in [0.15, 0.2) is 132 Å². The lowest BCUT2D eigenvalue weighted by molar-refractivity contribution is -0.245. The van der Waals surface area contributed by atoms with Crippen LogP contribution in [0.25, 0.3) is 11.1 Å². The summed E-state index contributed by atoms with van der Waals surface area (Å²) < 4.78 is 18.0. The van der Waals surface area contributed by atoms with Gasteiger partial charge in [0.15, 0.2) is 6.29 Å². The molecule has 0 spiro atoms. The Bertz CT molecular complexity index is 2020. The zero-order valence-electron chi connectivity index (χ0n) is 29.7. The molecule has 0 aromatic heterocycles. The van der Waals surface area contributed by atoms with E-state index in [0.717, 1.165) is 38.9 Å². The summed E-state index contributed by atoms with van der Waals surface area (Å²) in [7, 11) is 1.30. The van der Waals surface area contributed by atoms with Crippen LogP contribution in [0.4, 0.5) is 4.79 Å². The summed E-state index contributed by atoms with van der Waals surface area (Å²) in [6.07, 6.45) is -0.360. The van der Waals surface area contributed by atoms with E-state index in [1.54, 1.807) is 18.2 Å². The van der Waals surface area contributed by atoms with E-state index in [0.29, 0.717) is 23.5 Å². The van der Waals surface area contributed by atoms with Crippen molar-refractivity contribution in [3.05, 3.63) is 161 Å². The zero-order valence-corrected chi connectivity index (χ0v) is 30.5. The maximum absolute atomic E-state index is 13.0. The molecule has 11 heteroatoms. The largest absolute Gasteiger partial charge is 0.478 e. The van der Waals surface area contributed by atoms with Gasteiger partial charge in [0.2, 0.25) is 0 Å². The molecule has 2 amide bonds. The van der Waals surface area contributed by atoms with Crippen molar-refractivity contribution in [1.82, 2.24) is 10.6 Å². The highest BCUT2D eigenvalue weighted by Crippen LogP contribution is 2.40. The third-order valence-electron chi connectivity index (χ3n) is 9.18. The maximum atomic E-state index is 13.0. The number of carbonyl (C=O) groups excluding carboxylic acids is 2. The molecular weight excluding hydrogens is 705 g/mol. The number of rotatable bonds is 14. The number of methoxy groups -OCH3 is 1. The number of aliphatic hydroxyl groups excluding tert-OH is 1. The second-order valence-electron chi connectivity index (χ2n) is 12.8. The first kappa shape index (κ1) is 38.3. The van der Waals surface area contributed by atoms with Gasteiger partial charge < -0.3 is 35.1 Å². The summed E-state index contributed by atoms with van der Waals surface area (Å²) in [6, 6.07) is 38.4. The fourth-order valence-corrected chi connectivity index (χ4v) is 7.39. The molecular formula is C43H42N2O8S. The summed E-state index contributed by atoms with van der Waals surface area (Å²) in [6.45, 7) is 0.169. The number of esters is 1. The number of thioether (sulfide) groups is 1. The third-order valence-corrected chi connectivity index (χ3v) is 10.4. The number of carboxylic acids is 1. The Morgan fingerprint density at radius 2 is 1.50 bits per heavy atom. The van der Waals surface area contributed by atoms with Crippen molar-refractivity contribution >= 4 is 29.7 Å². The number of aliphatic hydroxyl groups is 1. The van der Waals surface area contributed by atoms with Crippen LogP contribution in [0.1, 0.15) is 57.0 Å². The summed E-state index contributed by atoms with van der Waals surface area (Å²) in [5.41, 5.74) is 6.47. The lowest BCUT2D eigenvalue weighted by Crippen LogP contribution is -2.47. The number of amides is 2. The van der Waals surface area contributed by atoms with E-state index < -0.39 is 30.3 Å². The standard InChI is InChI=1S/C43H42N2O8S/c1-51-41(49)37(23-28-9-3-2-4-10-28)45-43(50)44-25-33-11-5-6-12-35(33)30-19-21-32(22-20-30)42-52-34(27-54-39-14-8-7-13-36(39)40(47)48)24-38(53-42)31-17-15-29(26-46)16-18-31/h2-22,34,37-38,42,46H,23-27H2,1H3,(H,47,48)(H2,44,45,50)/t34-,37+,38+,42+/m1/s1. The second-order valence-corrected chi connectivity index (χ2v) is 13.9. The van der Waals surface area contributed by atoms with Crippen LogP contribution in [-0.4, -0.2) is 53.2 Å². The van der Waals surface area contributed by atoms with Gasteiger partial charge in [0.1, 0.15) is 6.04 Å². The van der Waals surface area contributed by atoms with Gasteiger partial charge in [-0.15, -0.1) is 11.8 Å². The van der Waals surface area contributed by atoms with Crippen LogP contribution in [0, 0.1) is 0 Å². The first-order chi connectivity index (χ1) is 26.3. The van der Waals surface area contributed by atoms with Crippen molar-refractivity contribution in [1.29, 1.82) is 0 Å². The average molecular weight is 747 g/mol. The number of urea groups is 1. The first-order valence-electron chi connectivity index (χ1n) is 17.6. The molecule has 1 heterocycles. The van der Waals surface area contributed by atoms with Gasteiger partial charge in [0.25, 0.3) is 0 Å². The van der Waals surface area contributed by atoms with Gasteiger partial charge in [-0.05, 0) is 45.5 Å². The predicted molar refractivity (Wildman–Crippen MR) is 206 cm³/mol. The summed E-state index contributed by atoms with van der Waals surface area (Å²) in [5.74, 6) is -0.981. The monoisotopic (exact) mass is 746 g/mol. The molecule has 1 fully saturated rings. The molecule has 0 bridgehead atoms. The molecule has 5 aromatic carbocycles. The van der Waals surface area contributed by atoms with Gasteiger partial charge >= 0.3 is 18.0 Å². The zero-order chi connectivity index (χ0) is 37.9. The molecule has 10 nitrogen and oxygen atoms in total. The number of ether oxygens (including phenoxy) is 3. The van der Waals surface area contributed by atoms with Gasteiger partial charge in [-0.25, -0.2) is 14.4 Å². The number of carbonyl (C=O) groups is 3. The third kappa shape index (κ3) is 9.94. The molecule has 54 heavy (non-hydrogen) atoms. The van der Waals surface area contributed by atoms with Crippen LogP contribution in [0.2, 0.25) is 0 Å². The Balaban J connectivity index is 1.15. The highest BCUT2D eigenvalue weighted by atomic mass is 32.2. The van der Waals surface area contributed by atoms with Crippen LogP contribution < -0.4 is 10.6 Å². The van der Waals surface area contributed by atoms with E-state index >= 15 is 0 Å². The van der Waals surface area contributed by atoms with Crippen molar-refractivity contribution in [2.24, 2.45) is 0 Å². The van der Waals surface area contributed by atoms with Crippen molar-refractivity contribution < 1.29 is 38.8 Å². The minimum atomic E-state index is -0.975. The number of carboxylic acid groups (broad SMARTS) is 1. The molecule has 0 aliphatic carbocycles. The molecule has 0 saturated carbocycles. The van der Waals surface area contributed by atoms with Gasteiger partial charge in [0.05, 0.1) is 31.5 Å². The van der Waals surface area contributed by atoms with Crippen molar-refractivity contribution in [2.75, 3.05) is 12.9 Å². The molecule has 6 rings (SSSR count). The Labute approximate surface area is 318 Å². The number of benzene rings is 5. The molecule has 5 aromatic rings. The van der Waals surface area contributed by atoms with Crippen molar-refractivity contribution in [3.63, 3.8) is 0 Å². The Morgan fingerprint density at radius 1 is 0.815 bits per heavy atom. The highest BCUT2D eigenvalue weighted by Gasteiger charge is 2.32. The molecule has 1 saturated heterocycles. The maximum Gasteiger partial charge on any atom is 0.336 e. The first-order valence-corrected chi connectivity index (χ1v) is 18.6. The Hall–Kier alpha value is -5.46. The molecule has 4 atom stereocenters. The van der Waals surface area contributed by atoms with Gasteiger partial charge in [0, 0.05) is 35.6 Å². The lowest BCUT2D eigenvalue weighted by Gasteiger charge is -2.36. The van der Waals surface area contributed by atoms with Gasteiger partial charge in [-0.1, -0.05) is 115 Å². The Kier molecular flexibility index (Phi) is 13.1. The van der Waals surface area contributed by atoms with E-state index in [-0.39, 0.29) is 30.9 Å². The number of hydrogen-bond acceptors (Lipinski definition) is 8. The molecule has 1 aliphatic heterocycles. The number of nitrogens with one attached hydrogen (secondary N) is 2. The molecule has 278 valence electrons. The van der Waals surface area contributed by atoms with Crippen molar-refractivity contribution in [2.45, 2.75) is 55.4 Å². The van der Waals surface area contributed by atoms with Crippen LogP contribution in [0.3, 0.4) is 0 Å². The fourth-order valence-electron chi connectivity index (χ4n) is 6.32. The molecule has 4 N–H and O–H groups in total. The molecule has 0 radical (unpaired) electrons. The van der Waals surface area contributed by atoms with Crippen LogP contribution in [-0.2, 0) is 38.6 Å². The molecule has 0 unspecified atom stereocenters. The topological polar surface area (TPSA) is 143 Å². The van der Waals surface area contributed by atoms with E-state index in [1.165, 1.54) is 18.9 Å². The van der Waals surface area contributed by atoms with E-state index in [1.807, 2.05) is 109 Å². The fraction of sp³-hybridized carbons (Fsp3) is 0.233. The highest BCUT2D eigenvalue weighted by molar-refractivity contribution is 7.99. The predicted octanol–water partition coefficient (Wildman–Crippen LogP) is 7.47. The van der Waals surface area contributed by atoms with E-state index in [2.05, 4.69) is 10.6 Å². The number of aromatic carboxylic acids is 1. The van der Waals surface area contributed by atoms with Crippen LogP contribution >= 0.6 is 11.8 Å². The average Bonchev–Trinajstić information content (AvgIpc) is 3.22. The minimum absolute atomic E-state index is 0.0524. The van der Waals surface area contributed by atoms with Gasteiger partial charge in [-0.2, -0.15) is 0 Å². The normalized spacial score (nSPS) is 17.3. The van der Waals surface area contributed by atoms with E-state index in [9.17, 15) is 24.6 Å². The quantitative estimate of drug-likeness (QED) is 0.0673. The minimum Gasteiger partial charge on any atom is -0.478 e. The van der Waals surface area contributed by atoms with Crippen molar-refractivity contribution in [3.8, 4) is 11.1 Å². The number of hydrogen-bond donors (Lipinski definition) is 4. The van der Waals surface area contributed by atoms with Gasteiger partial charge in [-0.3, -0.25) is 0 Å². The SMILES string of the molecule is COC(=O)[C@H](Cc1ccccc1)NC(=O)NCc1ccccc1-c1ccc([C@H]2O[C@@H](CSc3ccccc3C(=O)O)C[C@@H](c3ccc(CO)cc3)O2)cc1.